The first-order valence-corrected chi connectivity index (χ1v) is 7.26. The van der Waals surface area contributed by atoms with Crippen molar-refractivity contribution < 1.29 is 9.72 Å². The van der Waals surface area contributed by atoms with Gasteiger partial charge in [0.25, 0.3) is 11.6 Å². The molecule has 6 nitrogen and oxygen atoms in total. The summed E-state index contributed by atoms with van der Waals surface area (Å²) in [5.41, 5.74) is 5.81. The number of piperidine rings is 1. The first kappa shape index (κ1) is 18.7. The quantitative estimate of drug-likeness (QED) is 0.672. The minimum Gasteiger partial charge on any atom is -0.334 e. The van der Waals surface area contributed by atoms with Crippen molar-refractivity contribution in [3.63, 3.8) is 0 Å². The molecule has 2 rings (SSSR count). The van der Waals surface area contributed by atoms with E-state index in [1.807, 2.05) is 0 Å². The molecule has 122 valence electrons. The third kappa shape index (κ3) is 4.09. The third-order valence-electron chi connectivity index (χ3n) is 3.85. The van der Waals surface area contributed by atoms with Crippen LogP contribution in [0.4, 0.5) is 5.69 Å². The number of non-ortho nitro benzene ring substituents is 1. The molecule has 1 aromatic rings. The topological polar surface area (TPSA) is 89.5 Å². The van der Waals surface area contributed by atoms with Crippen molar-refractivity contribution in [2.45, 2.75) is 25.8 Å². The molecule has 1 heterocycles. The summed E-state index contributed by atoms with van der Waals surface area (Å²) < 4.78 is 0. The monoisotopic (exact) mass is 347 g/mol. The Hall–Kier alpha value is -1.37. The van der Waals surface area contributed by atoms with Crippen LogP contribution in [0.1, 0.15) is 30.1 Å². The highest BCUT2D eigenvalue weighted by Gasteiger charge is 2.30. The molecule has 1 aromatic carbocycles. The van der Waals surface area contributed by atoms with Crippen molar-refractivity contribution >= 4 is 35.6 Å². The molecule has 1 aliphatic rings. The second-order valence-electron chi connectivity index (χ2n) is 5.47. The number of nitrogens with two attached hydrogens (primary N) is 1. The fourth-order valence-corrected chi connectivity index (χ4v) is 2.94. The summed E-state index contributed by atoms with van der Waals surface area (Å²) in [6.07, 6.45) is 1.76. The lowest BCUT2D eigenvalue weighted by Crippen LogP contribution is -2.49. The van der Waals surface area contributed by atoms with E-state index in [1.54, 1.807) is 4.90 Å². The second kappa shape index (κ2) is 7.76. The van der Waals surface area contributed by atoms with Gasteiger partial charge in [-0.15, -0.1) is 12.4 Å². The predicted octanol–water partition coefficient (Wildman–Crippen LogP) is 2.87. The van der Waals surface area contributed by atoms with Gasteiger partial charge in [-0.05, 0) is 24.8 Å². The number of hydrogen-bond acceptors (Lipinski definition) is 4. The number of nitro benzene ring substituents is 1. The molecule has 22 heavy (non-hydrogen) atoms. The fourth-order valence-electron chi connectivity index (χ4n) is 2.71. The van der Waals surface area contributed by atoms with Crippen LogP contribution in [-0.2, 0) is 0 Å². The molecule has 8 heteroatoms. The Kier molecular flexibility index (Phi) is 6.59. The molecule has 0 aliphatic carbocycles. The molecule has 1 saturated heterocycles. The van der Waals surface area contributed by atoms with E-state index in [1.165, 1.54) is 18.2 Å². The lowest BCUT2D eigenvalue weighted by molar-refractivity contribution is -0.384. The lowest BCUT2D eigenvalue weighted by atomic mass is 9.92. The number of benzene rings is 1. The summed E-state index contributed by atoms with van der Waals surface area (Å²) in [5.74, 6) is 0.277. The molecule has 2 unspecified atom stereocenters. The molecule has 2 N–H and O–H groups in total. The highest BCUT2D eigenvalue weighted by Crippen LogP contribution is 2.26. The van der Waals surface area contributed by atoms with E-state index in [0.717, 1.165) is 12.8 Å². The van der Waals surface area contributed by atoms with Crippen LogP contribution in [0.2, 0.25) is 5.02 Å². The van der Waals surface area contributed by atoms with Crippen LogP contribution in [0.15, 0.2) is 18.2 Å². The van der Waals surface area contributed by atoms with E-state index < -0.39 is 4.92 Å². The zero-order chi connectivity index (χ0) is 15.6. The maximum Gasteiger partial charge on any atom is 0.271 e. The Morgan fingerprint density at radius 1 is 1.50 bits per heavy atom. The van der Waals surface area contributed by atoms with E-state index in [2.05, 4.69) is 6.92 Å². The van der Waals surface area contributed by atoms with E-state index >= 15 is 0 Å². The Morgan fingerprint density at radius 3 is 2.77 bits per heavy atom. The van der Waals surface area contributed by atoms with Crippen LogP contribution in [-0.4, -0.2) is 34.9 Å². The van der Waals surface area contributed by atoms with Crippen LogP contribution in [0.25, 0.3) is 0 Å². The molecule has 0 spiro atoms. The van der Waals surface area contributed by atoms with Gasteiger partial charge in [0, 0.05) is 41.9 Å². The van der Waals surface area contributed by atoms with Gasteiger partial charge in [-0.3, -0.25) is 14.9 Å². The average molecular weight is 348 g/mol. The zero-order valence-corrected chi connectivity index (χ0v) is 13.8. The second-order valence-corrected chi connectivity index (χ2v) is 5.91. The number of carbonyl (C=O) groups excluding carboxylic acids is 1. The van der Waals surface area contributed by atoms with E-state index in [-0.39, 0.29) is 40.6 Å². The van der Waals surface area contributed by atoms with Crippen LogP contribution in [0.5, 0.6) is 0 Å². The number of likely N-dealkylation sites (tertiary alicyclic amines) is 1. The number of hydrogen-bond donors (Lipinski definition) is 1. The minimum atomic E-state index is -0.554. The molecule has 1 amide bonds. The van der Waals surface area contributed by atoms with E-state index in [9.17, 15) is 14.9 Å². The maximum absolute atomic E-state index is 12.6. The predicted molar refractivity (Wildman–Crippen MR) is 87.6 cm³/mol. The average Bonchev–Trinajstić information content (AvgIpc) is 2.45. The van der Waals surface area contributed by atoms with Gasteiger partial charge in [0.1, 0.15) is 0 Å². The number of amides is 1. The summed E-state index contributed by atoms with van der Waals surface area (Å²) in [4.78, 5) is 24.6. The number of halogens is 2. The van der Waals surface area contributed by atoms with Crippen molar-refractivity contribution in [2.75, 3.05) is 13.1 Å². The van der Waals surface area contributed by atoms with Gasteiger partial charge in [0.05, 0.1) is 4.92 Å². The Morgan fingerprint density at radius 2 is 2.18 bits per heavy atom. The first-order valence-electron chi connectivity index (χ1n) is 6.88. The van der Waals surface area contributed by atoms with Crippen molar-refractivity contribution in [3.05, 3.63) is 38.9 Å². The Labute approximate surface area is 140 Å². The molecular weight excluding hydrogens is 329 g/mol. The number of nitro groups is 1. The fraction of sp³-hybridized carbons (Fsp3) is 0.500. The number of rotatable bonds is 3. The number of nitrogens with zero attached hydrogens (tertiary/aromatic N) is 2. The van der Waals surface area contributed by atoms with Crippen LogP contribution in [0, 0.1) is 16.0 Å². The molecule has 0 bridgehead atoms. The van der Waals surface area contributed by atoms with Crippen molar-refractivity contribution in [3.8, 4) is 0 Å². The Balaban J connectivity index is 0.00000242. The van der Waals surface area contributed by atoms with Crippen molar-refractivity contribution in [1.29, 1.82) is 0 Å². The van der Waals surface area contributed by atoms with Gasteiger partial charge in [-0.1, -0.05) is 18.5 Å². The zero-order valence-electron chi connectivity index (χ0n) is 12.2. The summed E-state index contributed by atoms with van der Waals surface area (Å²) in [7, 11) is 0. The van der Waals surface area contributed by atoms with Gasteiger partial charge >= 0.3 is 0 Å². The van der Waals surface area contributed by atoms with E-state index in [4.69, 9.17) is 17.3 Å². The summed E-state index contributed by atoms with van der Waals surface area (Å²) >= 11 is 5.87. The van der Waals surface area contributed by atoms with Crippen LogP contribution < -0.4 is 5.73 Å². The summed E-state index contributed by atoms with van der Waals surface area (Å²) in [6.45, 7) is 3.13. The largest absolute Gasteiger partial charge is 0.334 e. The Bertz CT molecular complexity index is 568. The third-order valence-corrected chi connectivity index (χ3v) is 4.07. The lowest BCUT2D eigenvalue weighted by Gasteiger charge is -2.38. The van der Waals surface area contributed by atoms with E-state index in [0.29, 0.717) is 19.0 Å². The standard InChI is InChI=1S/C14H18ClN3O3.ClH/c1-9-2-3-17(13(4-9)8-16)14(19)10-5-11(15)7-12(6-10)18(20)21;/h5-7,9,13H,2-4,8,16H2,1H3;1H. The summed E-state index contributed by atoms with van der Waals surface area (Å²) in [6, 6.07) is 3.93. The van der Waals surface area contributed by atoms with Gasteiger partial charge in [0.2, 0.25) is 0 Å². The highest BCUT2D eigenvalue weighted by atomic mass is 35.5. The van der Waals surface area contributed by atoms with Crippen LogP contribution >= 0.6 is 24.0 Å². The van der Waals surface area contributed by atoms with Crippen molar-refractivity contribution in [1.82, 2.24) is 4.90 Å². The normalized spacial score (nSPS) is 21.1. The SMILES string of the molecule is CC1CCN(C(=O)c2cc(Cl)cc([N+](=O)[O-])c2)C(CN)C1.Cl. The van der Waals surface area contributed by atoms with Gasteiger partial charge in [-0.2, -0.15) is 0 Å². The number of carbonyl (C=O) groups is 1. The maximum atomic E-state index is 12.6. The van der Waals surface area contributed by atoms with Gasteiger partial charge in [-0.25, -0.2) is 0 Å². The molecular formula is C14H19Cl2N3O3. The molecule has 2 atom stereocenters. The molecule has 1 fully saturated rings. The molecule has 0 aromatic heterocycles. The van der Waals surface area contributed by atoms with Crippen LogP contribution in [0.3, 0.4) is 0 Å². The minimum absolute atomic E-state index is 0. The molecule has 0 radical (unpaired) electrons. The highest BCUT2D eigenvalue weighted by molar-refractivity contribution is 6.31. The van der Waals surface area contributed by atoms with Crippen molar-refractivity contribution in [2.24, 2.45) is 11.7 Å². The molecule has 1 aliphatic heterocycles. The van der Waals surface area contributed by atoms with Gasteiger partial charge in [0.15, 0.2) is 0 Å². The first-order chi connectivity index (χ1) is 9.92. The van der Waals surface area contributed by atoms with Gasteiger partial charge < -0.3 is 10.6 Å². The molecule has 0 saturated carbocycles. The smallest absolute Gasteiger partial charge is 0.271 e. The summed E-state index contributed by atoms with van der Waals surface area (Å²) in [5, 5.41) is 11.1.